The lowest BCUT2D eigenvalue weighted by Crippen LogP contribution is -2.06. The second kappa shape index (κ2) is 8.45. The van der Waals surface area contributed by atoms with Crippen LogP contribution in [0.1, 0.15) is 18.3 Å². The highest BCUT2D eigenvalue weighted by Gasteiger charge is 2.10. The molecule has 0 aliphatic carbocycles. The van der Waals surface area contributed by atoms with Gasteiger partial charge in [0.2, 0.25) is 11.9 Å². The summed E-state index contributed by atoms with van der Waals surface area (Å²) >= 11 is 0. The quantitative estimate of drug-likeness (QED) is 0.647. The maximum atomic E-state index is 9.55. The lowest BCUT2D eigenvalue weighted by molar-refractivity contribution is 0.340. The third-order valence-electron chi connectivity index (χ3n) is 3.55. The number of nitrogens with one attached hydrogen (secondary N) is 1. The van der Waals surface area contributed by atoms with Gasteiger partial charge >= 0.3 is 0 Å². The number of anilines is 3. The number of nitrogens with zero attached hydrogens (tertiary/aromatic N) is 4. The monoisotopic (exact) mass is 358 g/mol. The first-order valence-electron chi connectivity index (χ1n) is 8.36. The van der Waals surface area contributed by atoms with Crippen molar-refractivity contribution in [1.29, 1.82) is 5.26 Å². The topological polar surface area (TPSA) is 110 Å². The number of benzene rings is 2. The molecular formula is C20H18N6O. The molecule has 0 fully saturated rings. The van der Waals surface area contributed by atoms with Crippen molar-refractivity contribution in [2.75, 3.05) is 17.7 Å². The van der Waals surface area contributed by atoms with Crippen molar-refractivity contribution < 1.29 is 4.74 Å². The predicted molar refractivity (Wildman–Crippen MR) is 105 cm³/mol. The van der Waals surface area contributed by atoms with Crippen molar-refractivity contribution in [3.63, 3.8) is 0 Å². The minimum atomic E-state index is 0.0336. The van der Waals surface area contributed by atoms with Crippen molar-refractivity contribution >= 4 is 29.2 Å². The predicted octanol–water partition coefficient (Wildman–Crippen LogP) is 3.66. The number of rotatable bonds is 6. The number of nitrogens with two attached hydrogens (primary N) is 1. The van der Waals surface area contributed by atoms with Gasteiger partial charge in [0.15, 0.2) is 5.82 Å². The van der Waals surface area contributed by atoms with Crippen LogP contribution in [-0.2, 0) is 0 Å². The van der Waals surface area contributed by atoms with E-state index in [0.29, 0.717) is 6.61 Å². The number of aromatic nitrogens is 3. The first-order valence-corrected chi connectivity index (χ1v) is 8.36. The van der Waals surface area contributed by atoms with E-state index >= 15 is 0 Å². The Morgan fingerprint density at radius 1 is 1.11 bits per heavy atom. The molecule has 0 radical (unpaired) electrons. The van der Waals surface area contributed by atoms with Gasteiger partial charge in [-0.1, -0.05) is 30.3 Å². The lowest BCUT2D eigenvalue weighted by atomic mass is 10.1. The maximum Gasteiger partial charge on any atom is 0.232 e. The summed E-state index contributed by atoms with van der Waals surface area (Å²) < 4.78 is 5.42. The molecular weight excluding hydrogens is 340 g/mol. The molecule has 3 rings (SSSR count). The van der Waals surface area contributed by atoms with Crippen molar-refractivity contribution in [1.82, 2.24) is 15.0 Å². The highest BCUT2D eigenvalue weighted by molar-refractivity contribution is 5.87. The summed E-state index contributed by atoms with van der Waals surface area (Å²) in [5.41, 5.74) is 7.71. The average molecular weight is 358 g/mol. The van der Waals surface area contributed by atoms with Gasteiger partial charge in [0.05, 0.1) is 12.2 Å². The van der Waals surface area contributed by atoms with E-state index in [1.165, 1.54) is 0 Å². The number of nitrogen functional groups attached to an aromatic ring is 1. The minimum Gasteiger partial charge on any atom is -0.494 e. The second-order valence-corrected chi connectivity index (χ2v) is 5.50. The molecule has 1 aromatic heterocycles. The fourth-order valence-corrected chi connectivity index (χ4v) is 2.36. The molecule has 0 spiro atoms. The van der Waals surface area contributed by atoms with Gasteiger partial charge in [-0.05, 0) is 42.8 Å². The molecule has 3 aromatic rings. The van der Waals surface area contributed by atoms with Crippen molar-refractivity contribution in [3.05, 3.63) is 66.0 Å². The molecule has 27 heavy (non-hydrogen) atoms. The molecule has 7 nitrogen and oxygen atoms in total. The SMILES string of the molecule is CCOc1ccc(/C=C(/C#N)c2nc(N)nc(Nc3ccccc3)n2)cc1. The largest absolute Gasteiger partial charge is 0.494 e. The Morgan fingerprint density at radius 2 is 1.85 bits per heavy atom. The Hall–Kier alpha value is -3.92. The molecule has 7 heteroatoms. The van der Waals surface area contributed by atoms with Crippen LogP contribution in [0.15, 0.2) is 54.6 Å². The van der Waals surface area contributed by atoms with Crippen LogP contribution in [0.3, 0.4) is 0 Å². The molecule has 0 aliphatic rings. The van der Waals surface area contributed by atoms with Crippen molar-refractivity contribution in [2.24, 2.45) is 0 Å². The Kier molecular flexibility index (Phi) is 5.60. The zero-order valence-corrected chi connectivity index (χ0v) is 14.8. The maximum absolute atomic E-state index is 9.55. The van der Waals surface area contributed by atoms with E-state index in [9.17, 15) is 5.26 Å². The van der Waals surface area contributed by atoms with Crippen LogP contribution in [0.4, 0.5) is 17.6 Å². The van der Waals surface area contributed by atoms with Crippen LogP contribution in [0.2, 0.25) is 0 Å². The number of hydrogen-bond donors (Lipinski definition) is 2. The van der Waals surface area contributed by atoms with Crippen molar-refractivity contribution in [2.45, 2.75) is 6.92 Å². The molecule has 0 bridgehead atoms. The first-order chi connectivity index (χ1) is 13.2. The molecule has 134 valence electrons. The zero-order valence-electron chi connectivity index (χ0n) is 14.8. The number of nitriles is 1. The summed E-state index contributed by atoms with van der Waals surface area (Å²) in [5, 5.41) is 12.6. The highest BCUT2D eigenvalue weighted by atomic mass is 16.5. The molecule has 0 amide bonds. The third-order valence-corrected chi connectivity index (χ3v) is 3.55. The number of para-hydroxylation sites is 1. The number of ether oxygens (including phenoxy) is 1. The smallest absolute Gasteiger partial charge is 0.232 e. The van der Waals surface area contributed by atoms with E-state index in [1.54, 1.807) is 6.08 Å². The van der Waals surface area contributed by atoms with E-state index in [1.807, 2.05) is 61.5 Å². The van der Waals surface area contributed by atoms with Gasteiger partial charge in [-0.2, -0.15) is 20.2 Å². The molecule has 0 saturated heterocycles. The van der Waals surface area contributed by atoms with Crippen LogP contribution in [0.25, 0.3) is 11.6 Å². The molecule has 1 heterocycles. The number of allylic oxidation sites excluding steroid dienone is 1. The van der Waals surface area contributed by atoms with Gasteiger partial charge < -0.3 is 15.8 Å². The van der Waals surface area contributed by atoms with E-state index in [0.717, 1.165) is 17.0 Å². The van der Waals surface area contributed by atoms with Crippen LogP contribution < -0.4 is 15.8 Å². The molecule has 0 aliphatic heterocycles. The van der Waals surface area contributed by atoms with Gasteiger partial charge in [-0.15, -0.1) is 0 Å². The normalized spacial score (nSPS) is 10.9. The van der Waals surface area contributed by atoms with Gasteiger partial charge in [-0.25, -0.2) is 0 Å². The lowest BCUT2D eigenvalue weighted by Gasteiger charge is -2.07. The molecule has 0 unspecified atom stereocenters. The fraction of sp³-hybridized carbons (Fsp3) is 0.100. The minimum absolute atomic E-state index is 0.0336. The average Bonchev–Trinajstić information content (AvgIpc) is 2.68. The Labute approximate surface area is 157 Å². The molecule has 0 atom stereocenters. The van der Waals surface area contributed by atoms with Crippen LogP contribution >= 0.6 is 0 Å². The summed E-state index contributed by atoms with van der Waals surface area (Å²) in [6.45, 7) is 2.52. The highest BCUT2D eigenvalue weighted by Crippen LogP contribution is 2.20. The fourth-order valence-electron chi connectivity index (χ4n) is 2.36. The van der Waals surface area contributed by atoms with Gasteiger partial charge in [-0.3, -0.25) is 0 Å². The second-order valence-electron chi connectivity index (χ2n) is 5.50. The number of hydrogen-bond acceptors (Lipinski definition) is 7. The van der Waals surface area contributed by atoms with Crippen LogP contribution in [0, 0.1) is 11.3 Å². The van der Waals surface area contributed by atoms with E-state index in [2.05, 4.69) is 26.3 Å². The Morgan fingerprint density at radius 3 is 2.52 bits per heavy atom. The standard InChI is InChI=1S/C20H18N6O/c1-2-27-17-10-8-14(9-11-17)12-15(13-21)18-24-19(22)26-20(25-18)23-16-6-4-3-5-7-16/h3-12H,2H2,1H3,(H3,22,23,24,25,26)/b15-12-. The van der Waals surface area contributed by atoms with Crippen LogP contribution in [-0.4, -0.2) is 21.6 Å². The molecule has 3 N–H and O–H groups in total. The van der Waals surface area contributed by atoms with Crippen molar-refractivity contribution in [3.8, 4) is 11.8 Å². The van der Waals surface area contributed by atoms with Crippen LogP contribution in [0.5, 0.6) is 5.75 Å². The van der Waals surface area contributed by atoms with E-state index in [4.69, 9.17) is 10.5 Å². The van der Waals surface area contributed by atoms with Gasteiger partial charge in [0.1, 0.15) is 11.8 Å². The Bertz CT molecular complexity index is 978. The summed E-state index contributed by atoms with van der Waals surface area (Å²) in [4.78, 5) is 12.5. The zero-order chi connectivity index (χ0) is 19.1. The van der Waals surface area contributed by atoms with Gasteiger partial charge in [0, 0.05) is 5.69 Å². The Balaban J connectivity index is 1.89. The first kappa shape index (κ1) is 17.9. The molecule has 2 aromatic carbocycles. The van der Waals surface area contributed by atoms with E-state index in [-0.39, 0.29) is 23.3 Å². The van der Waals surface area contributed by atoms with Gasteiger partial charge in [0.25, 0.3) is 0 Å². The third kappa shape index (κ3) is 4.80. The summed E-state index contributed by atoms with van der Waals surface area (Å²) in [6, 6.07) is 19.0. The summed E-state index contributed by atoms with van der Waals surface area (Å²) in [7, 11) is 0. The summed E-state index contributed by atoms with van der Waals surface area (Å²) in [6.07, 6.45) is 1.69. The van der Waals surface area contributed by atoms with E-state index < -0.39 is 0 Å². The summed E-state index contributed by atoms with van der Waals surface area (Å²) in [5.74, 6) is 1.28. The molecule has 0 saturated carbocycles.